The van der Waals surface area contributed by atoms with Gasteiger partial charge >= 0.3 is 0 Å². The average molecular weight is 507 g/mol. The van der Waals surface area contributed by atoms with Crippen molar-refractivity contribution in [3.8, 4) is 0 Å². The lowest BCUT2D eigenvalue weighted by Gasteiger charge is -2.36. The van der Waals surface area contributed by atoms with E-state index >= 15 is 0 Å². The summed E-state index contributed by atoms with van der Waals surface area (Å²) in [6.45, 7) is 10.7. The maximum Gasteiger partial charge on any atom is 0.248 e. The first-order valence-electron chi connectivity index (χ1n) is 13.6. The van der Waals surface area contributed by atoms with Crippen LogP contribution in [0.1, 0.15) is 87.7 Å². The maximum atomic E-state index is 14.2. The SMILES string of the molecule is Cc1ccnc(C)c1C(C(=O)NC1CCCCC1)N(C(=O)[C@H]1C[C@@H](O)CN1)c1ccc(C(C)(C)C)cc1. The topological polar surface area (TPSA) is 94.6 Å². The molecule has 2 amide bonds. The maximum absolute atomic E-state index is 14.2. The average Bonchev–Trinajstić information content (AvgIpc) is 3.29. The van der Waals surface area contributed by atoms with Crippen LogP contribution in [-0.2, 0) is 15.0 Å². The number of anilines is 1. The van der Waals surface area contributed by atoms with E-state index in [0.717, 1.165) is 48.1 Å². The Labute approximate surface area is 221 Å². The van der Waals surface area contributed by atoms with Crippen LogP contribution in [0.3, 0.4) is 0 Å². The first-order chi connectivity index (χ1) is 17.6. The Hall–Kier alpha value is -2.77. The minimum absolute atomic E-state index is 0.0429. The number of amides is 2. The number of rotatable bonds is 6. The van der Waals surface area contributed by atoms with Gasteiger partial charge in [0.2, 0.25) is 11.8 Å². The summed E-state index contributed by atoms with van der Waals surface area (Å²) < 4.78 is 0. The van der Waals surface area contributed by atoms with Gasteiger partial charge in [0.1, 0.15) is 6.04 Å². The fraction of sp³-hybridized carbons (Fsp3) is 0.567. The summed E-state index contributed by atoms with van der Waals surface area (Å²) in [6, 6.07) is 8.50. The number of hydrogen-bond acceptors (Lipinski definition) is 5. The minimum atomic E-state index is -0.872. The molecule has 0 radical (unpaired) electrons. The number of aromatic nitrogens is 1. The highest BCUT2D eigenvalue weighted by Gasteiger charge is 2.40. The van der Waals surface area contributed by atoms with Crippen LogP contribution in [0.4, 0.5) is 5.69 Å². The van der Waals surface area contributed by atoms with E-state index in [2.05, 4.69) is 36.4 Å². The van der Waals surface area contributed by atoms with Gasteiger partial charge in [-0.2, -0.15) is 0 Å². The van der Waals surface area contributed by atoms with Crippen molar-refractivity contribution >= 4 is 17.5 Å². The van der Waals surface area contributed by atoms with Gasteiger partial charge in [-0.3, -0.25) is 19.5 Å². The van der Waals surface area contributed by atoms with Crippen molar-refractivity contribution in [2.75, 3.05) is 11.4 Å². The summed E-state index contributed by atoms with van der Waals surface area (Å²) in [4.78, 5) is 34.4. The monoisotopic (exact) mass is 506 g/mol. The fourth-order valence-corrected chi connectivity index (χ4v) is 5.62. The second-order valence-corrected chi connectivity index (χ2v) is 11.7. The molecule has 2 aromatic rings. The van der Waals surface area contributed by atoms with E-state index in [1.165, 1.54) is 6.42 Å². The molecule has 2 fully saturated rings. The molecule has 7 heteroatoms. The van der Waals surface area contributed by atoms with Crippen LogP contribution in [0, 0.1) is 13.8 Å². The van der Waals surface area contributed by atoms with Gasteiger partial charge in [-0.1, -0.05) is 52.2 Å². The molecule has 7 nitrogen and oxygen atoms in total. The number of carbonyl (C=O) groups is 2. The van der Waals surface area contributed by atoms with Gasteiger partial charge in [0.05, 0.1) is 12.1 Å². The van der Waals surface area contributed by atoms with Crippen molar-refractivity contribution in [3.63, 3.8) is 0 Å². The Kier molecular flexibility index (Phi) is 8.34. The highest BCUT2D eigenvalue weighted by molar-refractivity contribution is 6.04. The van der Waals surface area contributed by atoms with Crippen molar-refractivity contribution in [2.24, 2.45) is 0 Å². The number of carbonyl (C=O) groups excluding carboxylic acids is 2. The van der Waals surface area contributed by atoms with Crippen LogP contribution in [0.5, 0.6) is 0 Å². The Bertz CT molecular complexity index is 1080. The number of nitrogens with zero attached hydrogens (tertiary/aromatic N) is 2. The Balaban J connectivity index is 1.82. The van der Waals surface area contributed by atoms with E-state index < -0.39 is 18.2 Å². The zero-order valence-electron chi connectivity index (χ0n) is 22.9. The molecule has 2 heterocycles. The van der Waals surface area contributed by atoms with Gasteiger partial charge in [0.25, 0.3) is 0 Å². The lowest BCUT2D eigenvalue weighted by atomic mass is 9.87. The number of β-amino-alcohol motifs (C(OH)–C–C–N with tert-alkyl or cyclic N) is 1. The summed E-state index contributed by atoms with van der Waals surface area (Å²) in [7, 11) is 0. The van der Waals surface area contributed by atoms with Crippen molar-refractivity contribution in [1.29, 1.82) is 0 Å². The normalized spacial score (nSPS) is 21.5. The number of aliphatic hydroxyl groups is 1. The number of benzene rings is 1. The fourth-order valence-electron chi connectivity index (χ4n) is 5.62. The van der Waals surface area contributed by atoms with Crippen LogP contribution >= 0.6 is 0 Å². The molecule has 1 aromatic heterocycles. The molecular weight excluding hydrogens is 464 g/mol. The van der Waals surface area contributed by atoms with E-state index in [1.807, 2.05) is 44.2 Å². The van der Waals surface area contributed by atoms with Crippen LogP contribution in [0.2, 0.25) is 0 Å². The lowest BCUT2D eigenvalue weighted by Crippen LogP contribution is -2.52. The van der Waals surface area contributed by atoms with Crippen molar-refractivity contribution in [1.82, 2.24) is 15.6 Å². The van der Waals surface area contributed by atoms with Crippen LogP contribution in [0.25, 0.3) is 0 Å². The highest BCUT2D eigenvalue weighted by atomic mass is 16.3. The van der Waals surface area contributed by atoms with Crippen LogP contribution in [0.15, 0.2) is 36.5 Å². The molecular formula is C30H42N4O3. The van der Waals surface area contributed by atoms with E-state index in [-0.39, 0.29) is 23.3 Å². The number of pyridine rings is 1. The van der Waals surface area contributed by atoms with Gasteiger partial charge < -0.3 is 15.7 Å². The van der Waals surface area contributed by atoms with Gasteiger partial charge in [0.15, 0.2) is 0 Å². The molecule has 1 saturated heterocycles. The summed E-state index contributed by atoms with van der Waals surface area (Å²) in [5.74, 6) is -0.399. The summed E-state index contributed by atoms with van der Waals surface area (Å²) in [5.41, 5.74) is 4.16. The van der Waals surface area contributed by atoms with Crippen molar-refractivity contribution in [2.45, 2.75) is 103 Å². The Morgan fingerprint density at radius 2 is 1.76 bits per heavy atom. The lowest BCUT2D eigenvalue weighted by molar-refractivity contribution is -0.128. The Morgan fingerprint density at radius 3 is 2.32 bits per heavy atom. The third-order valence-corrected chi connectivity index (χ3v) is 7.79. The van der Waals surface area contributed by atoms with E-state index in [1.54, 1.807) is 11.1 Å². The van der Waals surface area contributed by atoms with Crippen LogP contribution < -0.4 is 15.5 Å². The molecule has 37 heavy (non-hydrogen) atoms. The zero-order valence-corrected chi connectivity index (χ0v) is 22.9. The van der Waals surface area contributed by atoms with Gasteiger partial charge in [0, 0.05) is 35.7 Å². The van der Waals surface area contributed by atoms with Gasteiger partial charge in [-0.05, 0) is 67.9 Å². The molecule has 1 saturated carbocycles. The van der Waals surface area contributed by atoms with Crippen LogP contribution in [-0.4, -0.2) is 46.6 Å². The quantitative estimate of drug-likeness (QED) is 0.545. The number of aliphatic hydroxyl groups excluding tert-OH is 1. The molecule has 2 aliphatic rings. The molecule has 3 atom stereocenters. The van der Waals surface area contributed by atoms with Gasteiger partial charge in [-0.15, -0.1) is 0 Å². The summed E-state index contributed by atoms with van der Waals surface area (Å²) >= 11 is 0. The summed E-state index contributed by atoms with van der Waals surface area (Å²) in [5, 5.41) is 16.6. The van der Waals surface area contributed by atoms with E-state index in [4.69, 9.17) is 0 Å². The number of aryl methyl sites for hydroxylation is 2. The predicted octanol–water partition coefficient (Wildman–Crippen LogP) is 4.24. The third kappa shape index (κ3) is 6.21. The van der Waals surface area contributed by atoms with Crippen molar-refractivity contribution in [3.05, 3.63) is 58.9 Å². The molecule has 1 aliphatic heterocycles. The first kappa shape index (κ1) is 27.3. The largest absolute Gasteiger partial charge is 0.392 e. The number of nitrogens with one attached hydrogen (secondary N) is 2. The molecule has 200 valence electrons. The number of hydrogen-bond donors (Lipinski definition) is 3. The summed E-state index contributed by atoms with van der Waals surface area (Å²) in [6.07, 6.45) is 6.76. The molecule has 1 aliphatic carbocycles. The highest BCUT2D eigenvalue weighted by Crippen LogP contribution is 2.34. The molecule has 0 spiro atoms. The zero-order chi connectivity index (χ0) is 26.7. The second kappa shape index (κ2) is 11.3. The smallest absolute Gasteiger partial charge is 0.248 e. The molecule has 1 aromatic carbocycles. The second-order valence-electron chi connectivity index (χ2n) is 11.7. The van der Waals surface area contributed by atoms with Gasteiger partial charge in [-0.25, -0.2) is 0 Å². The Morgan fingerprint density at radius 1 is 1.08 bits per heavy atom. The van der Waals surface area contributed by atoms with E-state index in [0.29, 0.717) is 18.7 Å². The molecule has 0 bridgehead atoms. The molecule has 1 unspecified atom stereocenters. The predicted molar refractivity (Wildman–Crippen MR) is 147 cm³/mol. The molecule has 4 rings (SSSR count). The van der Waals surface area contributed by atoms with E-state index in [9.17, 15) is 14.7 Å². The van der Waals surface area contributed by atoms with Crippen molar-refractivity contribution < 1.29 is 14.7 Å². The molecule has 3 N–H and O–H groups in total. The standard InChI is InChI=1S/C30H42N4O3/c1-19-15-16-31-20(2)26(19)27(28(36)33-22-9-7-6-8-10-22)34(29(37)25-17-24(35)18-32-25)23-13-11-21(12-14-23)30(3,4)5/h11-16,22,24-25,27,32,35H,6-10,17-18H2,1-5H3,(H,33,36)/t24-,25-,27?/m1/s1. The minimum Gasteiger partial charge on any atom is -0.392 e. The first-order valence-corrected chi connectivity index (χ1v) is 13.6. The third-order valence-electron chi connectivity index (χ3n) is 7.79.